The van der Waals surface area contributed by atoms with Gasteiger partial charge in [-0.15, -0.1) is 7.92 Å². The molecule has 0 amide bonds. The van der Waals surface area contributed by atoms with Gasteiger partial charge < -0.3 is 13.7 Å². The van der Waals surface area contributed by atoms with Gasteiger partial charge in [-0.2, -0.15) is 0 Å². The van der Waals surface area contributed by atoms with E-state index in [0.717, 1.165) is 76.3 Å². The molecule has 0 radical (unpaired) electrons. The zero-order chi connectivity index (χ0) is 51.4. The van der Waals surface area contributed by atoms with E-state index in [4.69, 9.17) is 15.0 Å². The second-order valence-corrected chi connectivity index (χ2v) is 27.6. The first-order valence-electron chi connectivity index (χ1n) is 29.1. The summed E-state index contributed by atoms with van der Waals surface area (Å²) in [6, 6.07) is 67.9. The molecule has 18 rings (SSSR count). The summed E-state index contributed by atoms with van der Waals surface area (Å²) in [7, 11) is -0.00160. The molecule has 6 nitrogen and oxygen atoms in total. The van der Waals surface area contributed by atoms with Gasteiger partial charge in [0.25, 0.3) is 0 Å². The minimum Gasteiger partial charge on any atom is -0.309 e. The third kappa shape index (κ3) is 6.87. The van der Waals surface area contributed by atoms with E-state index in [9.17, 15) is 0 Å². The predicted molar refractivity (Wildman–Crippen MR) is 324 cm³/mol. The Morgan fingerprint density at radius 1 is 0.423 bits per heavy atom. The van der Waals surface area contributed by atoms with Crippen LogP contribution in [0.2, 0.25) is 0 Å². The highest BCUT2D eigenvalue weighted by Crippen LogP contribution is 2.65. The van der Waals surface area contributed by atoms with E-state index in [0.29, 0.717) is 11.8 Å². The molecule has 7 heterocycles. The summed E-state index contributed by atoms with van der Waals surface area (Å²) in [5.41, 5.74) is 13.9. The summed E-state index contributed by atoms with van der Waals surface area (Å²) >= 11 is 0. The Hall–Kier alpha value is -7.40. The smallest absolute Gasteiger partial charge is 0.165 e. The van der Waals surface area contributed by atoms with Crippen LogP contribution in [0.15, 0.2) is 182 Å². The number of nitrogens with zero attached hydrogens (tertiary/aromatic N) is 6. The van der Waals surface area contributed by atoms with Crippen molar-refractivity contribution >= 4 is 73.3 Å². The average Bonchev–Trinajstić information content (AvgIpc) is 4.26. The number of fused-ring (bicyclic) bond motifs is 11. The van der Waals surface area contributed by atoms with Gasteiger partial charge in [0.15, 0.2) is 5.82 Å². The van der Waals surface area contributed by atoms with Crippen molar-refractivity contribution in [3.63, 3.8) is 0 Å². The number of hydrogen-bond donors (Lipinski definition) is 0. The lowest BCUT2D eigenvalue weighted by molar-refractivity contribution is 0.0849. The van der Waals surface area contributed by atoms with Crippen molar-refractivity contribution in [3.05, 3.63) is 194 Å². The van der Waals surface area contributed by atoms with Crippen LogP contribution in [0, 0.1) is 29.6 Å². The Bertz CT molecular complexity index is 4280. The molecule has 78 heavy (non-hydrogen) atoms. The molecule has 4 atom stereocenters. The summed E-state index contributed by atoms with van der Waals surface area (Å²) in [6.45, 7) is 5.03. The van der Waals surface area contributed by atoms with E-state index in [-0.39, 0.29) is 18.8 Å². The van der Waals surface area contributed by atoms with E-state index in [2.05, 4.69) is 210 Å². The molecule has 0 spiro atoms. The summed E-state index contributed by atoms with van der Waals surface area (Å²) < 4.78 is 7.46. The average molecular weight is 1030 g/mol. The van der Waals surface area contributed by atoms with E-state index in [1.807, 2.05) is 0 Å². The highest BCUT2D eigenvalue weighted by Gasteiger charge is 2.54. The Morgan fingerprint density at radius 3 is 1.50 bits per heavy atom. The maximum atomic E-state index is 6.00. The Balaban J connectivity index is 0.926. The largest absolute Gasteiger partial charge is 0.309 e. The van der Waals surface area contributed by atoms with Crippen LogP contribution >= 0.6 is 7.92 Å². The van der Waals surface area contributed by atoms with Gasteiger partial charge >= 0.3 is 0 Å². The van der Waals surface area contributed by atoms with Crippen molar-refractivity contribution in [2.75, 3.05) is 18.5 Å². The van der Waals surface area contributed by atoms with E-state index in [1.54, 1.807) is 0 Å². The van der Waals surface area contributed by atoms with Crippen LogP contribution in [0.1, 0.15) is 76.9 Å². The minimum absolute atomic E-state index is 0.00160. The van der Waals surface area contributed by atoms with E-state index in [1.165, 1.54) is 128 Å². The van der Waals surface area contributed by atoms with E-state index >= 15 is 0 Å². The van der Waals surface area contributed by atoms with Gasteiger partial charge in [-0.25, -0.2) is 15.0 Å². The predicted octanol–water partition coefficient (Wildman–Crippen LogP) is 17.8. The molecule has 382 valence electrons. The van der Waals surface area contributed by atoms with Gasteiger partial charge in [0.05, 0.1) is 44.5 Å². The fraction of sp³-hybridized carbons (Fsp3) is 0.282. The van der Waals surface area contributed by atoms with Crippen molar-refractivity contribution in [1.29, 1.82) is 0 Å². The zero-order valence-electron chi connectivity index (χ0n) is 44.6. The summed E-state index contributed by atoms with van der Waals surface area (Å²) in [6.07, 6.45) is 14.3. The molecule has 3 aliphatic carbocycles. The quantitative estimate of drug-likeness (QED) is 0.150. The molecule has 3 aliphatic heterocycles. The first-order chi connectivity index (χ1) is 38.3. The molecule has 3 saturated heterocycles. The molecule has 4 unspecified atom stereocenters. The molecule has 8 aromatic carbocycles. The molecule has 6 fully saturated rings. The number of benzene rings is 8. The molecule has 0 N–H and O–H groups in total. The number of para-hydroxylation sites is 6. The fourth-order valence-corrected chi connectivity index (χ4v) is 21.0. The van der Waals surface area contributed by atoms with Gasteiger partial charge in [0, 0.05) is 60.0 Å². The molecule has 4 aromatic heterocycles. The first-order valence-corrected chi connectivity index (χ1v) is 31.0. The van der Waals surface area contributed by atoms with Crippen LogP contribution in [0.5, 0.6) is 0 Å². The molecule has 7 heteroatoms. The van der Waals surface area contributed by atoms with Crippen LogP contribution < -0.4 is 0 Å². The second-order valence-electron chi connectivity index (χ2n) is 25.2. The molecule has 3 saturated carbocycles. The van der Waals surface area contributed by atoms with Crippen molar-refractivity contribution < 1.29 is 0 Å². The molecule has 12 aromatic rings. The van der Waals surface area contributed by atoms with Gasteiger partial charge in [0.2, 0.25) is 0 Å². The first kappa shape index (κ1) is 45.6. The summed E-state index contributed by atoms with van der Waals surface area (Å²) in [5.74, 6) is 6.81. The van der Waals surface area contributed by atoms with Crippen molar-refractivity contribution in [3.8, 4) is 39.6 Å². The van der Waals surface area contributed by atoms with Crippen LogP contribution in [0.3, 0.4) is 0 Å². The SMILES string of the molecule is CC1CC2CC(C1)CC(C)(c1nc(-c3cc(-c4ccccc4-n4c5ccccc5c5ccccc54)ccc3-n3c4ccccc4c4cc(-n5c6ccccc6c6ccccc65)ccc43)nc(C34CC5CC(CP(C5)C3)C4)n1)C2. The summed E-state index contributed by atoms with van der Waals surface area (Å²) in [5, 5.41) is 7.51. The Kier molecular flexibility index (Phi) is 9.97. The van der Waals surface area contributed by atoms with Gasteiger partial charge in [-0.3, -0.25) is 0 Å². The van der Waals surface area contributed by atoms with E-state index < -0.39 is 0 Å². The van der Waals surface area contributed by atoms with Crippen LogP contribution in [0.4, 0.5) is 0 Å². The molecule has 6 bridgehead atoms. The number of hydrogen-bond acceptors (Lipinski definition) is 3. The molecular weight excluding hydrogens is 968 g/mol. The van der Waals surface area contributed by atoms with Crippen molar-refractivity contribution in [2.24, 2.45) is 29.6 Å². The highest BCUT2D eigenvalue weighted by atomic mass is 31.1. The topological polar surface area (TPSA) is 53.5 Å². The lowest BCUT2D eigenvalue weighted by Gasteiger charge is -2.56. The third-order valence-corrected chi connectivity index (χ3v) is 23.0. The van der Waals surface area contributed by atoms with Crippen LogP contribution in [0.25, 0.3) is 105 Å². The lowest BCUT2D eigenvalue weighted by atomic mass is 9.59. The van der Waals surface area contributed by atoms with Crippen LogP contribution in [-0.2, 0) is 10.8 Å². The fourth-order valence-electron chi connectivity index (χ4n) is 17.4. The second kappa shape index (κ2) is 17.1. The lowest BCUT2D eigenvalue weighted by Crippen LogP contribution is -2.50. The van der Waals surface area contributed by atoms with Gasteiger partial charge in [-0.1, -0.05) is 129 Å². The monoisotopic (exact) mass is 1030 g/mol. The maximum absolute atomic E-state index is 6.00. The zero-order valence-corrected chi connectivity index (χ0v) is 45.5. The Labute approximate surface area is 456 Å². The summed E-state index contributed by atoms with van der Waals surface area (Å²) in [4.78, 5) is 17.9. The highest BCUT2D eigenvalue weighted by molar-refractivity contribution is 7.58. The molecule has 6 aliphatic rings. The Morgan fingerprint density at radius 2 is 0.910 bits per heavy atom. The number of rotatable bonds is 7. The maximum Gasteiger partial charge on any atom is 0.165 e. The molecular formula is C71H63N6P. The van der Waals surface area contributed by atoms with Gasteiger partial charge in [-0.05, 0) is 172 Å². The van der Waals surface area contributed by atoms with Crippen molar-refractivity contribution in [1.82, 2.24) is 28.7 Å². The normalized spacial score (nSPS) is 25.6. The standard InChI is InChI=1S/C71H63N6P/c1-44-31-45-33-46(32-44)38-70(2,37-45)68-72-67(73-69(74-68)71-39-47-34-48(40-71)42-78(41-47)43-71)58-35-49(51-15-3-9-21-59(51)76-62-24-12-6-18-54(62)55-19-7-13-25-63(55)76)27-29-66(58)77-64-26-14-8-20-56(64)57-36-50(28-30-65(57)77)75-60-22-10-4-16-52(60)53-17-5-11-23-61(53)75/h3-30,35-36,44-48H,31-34,37-43H2,1-2H3. The third-order valence-electron chi connectivity index (χ3n) is 19.9. The van der Waals surface area contributed by atoms with Gasteiger partial charge in [0.1, 0.15) is 11.6 Å². The van der Waals surface area contributed by atoms with Crippen molar-refractivity contribution in [2.45, 2.75) is 76.0 Å². The minimum atomic E-state index is -0.120. The van der Waals surface area contributed by atoms with Crippen LogP contribution in [-0.4, -0.2) is 47.1 Å². The number of aromatic nitrogens is 6.